The van der Waals surface area contributed by atoms with Crippen LogP contribution >= 0.6 is 0 Å². The fourth-order valence-corrected chi connectivity index (χ4v) is 1.88. The van der Waals surface area contributed by atoms with Crippen LogP contribution in [0.5, 0.6) is 5.75 Å². The van der Waals surface area contributed by atoms with E-state index in [1.807, 2.05) is 26.0 Å². The zero-order valence-electron chi connectivity index (χ0n) is 11.9. The van der Waals surface area contributed by atoms with Crippen molar-refractivity contribution in [3.8, 4) is 5.75 Å². The molecule has 0 radical (unpaired) electrons. The van der Waals surface area contributed by atoms with Gasteiger partial charge in [-0.15, -0.1) is 0 Å². The van der Waals surface area contributed by atoms with Gasteiger partial charge in [-0.1, -0.05) is 6.07 Å². The number of carbonyl (C=O) groups is 1. The first-order valence-corrected chi connectivity index (χ1v) is 6.20. The molecule has 1 unspecified atom stereocenters. The number of benzene rings is 1. The lowest BCUT2D eigenvalue weighted by Gasteiger charge is -2.16. The van der Waals surface area contributed by atoms with Crippen molar-refractivity contribution in [1.29, 1.82) is 0 Å². The minimum atomic E-state index is -0.577. The summed E-state index contributed by atoms with van der Waals surface area (Å²) in [6.45, 7) is 4.33. The molecule has 3 N–H and O–H groups in total. The van der Waals surface area contributed by atoms with Crippen LogP contribution in [0.2, 0.25) is 0 Å². The Hall–Kier alpha value is -1.59. The van der Waals surface area contributed by atoms with Gasteiger partial charge in [0.15, 0.2) is 0 Å². The van der Waals surface area contributed by atoms with E-state index in [1.165, 1.54) is 0 Å². The monoisotopic (exact) mass is 266 g/mol. The Balaban J connectivity index is 2.80. The minimum absolute atomic E-state index is 0.217. The summed E-state index contributed by atoms with van der Waals surface area (Å²) in [6, 6.07) is 3.18. The number of hydrogen-bond acceptors (Lipinski definition) is 4. The van der Waals surface area contributed by atoms with E-state index in [9.17, 15) is 4.79 Å². The second-order valence-electron chi connectivity index (χ2n) is 4.47. The molecule has 106 valence electrons. The highest BCUT2D eigenvalue weighted by atomic mass is 16.5. The second kappa shape index (κ2) is 7.11. The summed E-state index contributed by atoms with van der Waals surface area (Å²) in [6.07, 6.45) is 0.490. The lowest BCUT2D eigenvalue weighted by molar-refractivity contribution is -0.117. The molecule has 1 rings (SSSR count). The van der Waals surface area contributed by atoms with Gasteiger partial charge in [0, 0.05) is 25.0 Å². The number of amides is 1. The number of methoxy groups -OCH3 is 2. The number of aryl methyl sites for hydroxylation is 1. The summed E-state index contributed by atoms with van der Waals surface area (Å²) in [7, 11) is 3.20. The molecule has 1 aromatic rings. The first kappa shape index (κ1) is 15.5. The maximum Gasteiger partial charge on any atom is 0.241 e. The van der Waals surface area contributed by atoms with Gasteiger partial charge in [-0.05, 0) is 31.9 Å². The van der Waals surface area contributed by atoms with Gasteiger partial charge in [0.2, 0.25) is 5.91 Å². The first-order valence-electron chi connectivity index (χ1n) is 6.20. The molecule has 0 bridgehead atoms. The highest BCUT2D eigenvalue weighted by molar-refractivity contribution is 5.95. The van der Waals surface area contributed by atoms with E-state index in [2.05, 4.69) is 5.32 Å². The summed E-state index contributed by atoms with van der Waals surface area (Å²) in [5, 5.41) is 2.82. The molecule has 0 aliphatic carbocycles. The number of rotatable bonds is 6. The van der Waals surface area contributed by atoms with E-state index < -0.39 is 6.04 Å². The summed E-state index contributed by atoms with van der Waals surface area (Å²) in [5.41, 5.74) is 8.43. The van der Waals surface area contributed by atoms with Gasteiger partial charge in [0.1, 0.15) is 5.75 Å². The maximum atomic E-state index is 11.9. The highest BCUT2D eigenvalue weighted by Gasteiger charge is 2.15. The second-order valence-corrected chi connectivity index (χ2v) is 4.47. The Bertz CT molecular complexity index is 447. The largest absolute Gasteiger partial charge is 0.496 e. The van der Waals surface area contributed by atoms with Crippen molar-refractivity contribution in [1.82, 2.24) is 0 Å². The third-order valence-electron chi connectivity index (χ3n) is 3.03. The number of nitrogens with two attached hydrogens (primary N) is 1. The van der Waals surface area contributed by atoms with Crippen LogP contribution in [0.3, 0.4) is 0 Å². The van der Waals surface area contributed by atoms with Crippen LogP contribution in [0.25, 0.3) is 0 Å². The Morgan fingerprint density at radius 1 is 1.37 bits per heavy atom. The number of hydrogen-bond donors (Lipinski definition) is 2. The van der Waals surface area contributed by atoms with Crippen LogP contribution < -0.4 is 15.8 Å². The maximum absolute atomic E-state index is 11.9. The molecule has 0 aliphatic heterocycles. The van der Waals surface area contributed by atoms with Gasteiger partial charge in [-0.2, -0.15) is 0 Å². The first-order chi connectivity index (χ1) is 9.01. The molecule has 5 heteroatoms. The average molecular weight is 266 g/mol. The molecule has 0 saturated carbocycles. The van der Waals surface area contributed by atoms with Crippen LogP contribution in [-0.4, -0.2) is 32.8 Å². The number of carbonyl (C=O) groups excluding carboxylic acids is 1. The van der Waals surface area contributed by atoms with Gasteiger partial charge in [-0.25, -0.2) is 0 Å². The number of ether oxygens (including phenoxy) is 2. The summed E-state index contributed by atoms with van der Waals surface area (Å²) in [4.78, 5) is 11.9. The third-order valence-corrected chi connectivity index (χ3v) is 3.03. The standard InChI is InChI=1S/C14H22N2O3/c1-9-5-6-12(10(2)13(9)19-4)16-14(17)11(15)7-8-18-3/h5-6,11H,7-8,15H2,1-4H3,(H,16,17). The molecule has 1 aromatic carbocycles. The predicted molar refractivity (Wildman–Crippen MR) is 75.6 cm³/mol. The van der Waals surface area contributed by atoms with Gasteiger partial charge in [-0.3, -0.25) is 4.79 Å². The van der Waals surface area contributed by atoms with Crippen LogP contribution in [0.1, 0.15) is 17.5 Å². The normalized spacial score (nSPS) is 12.1. The predicted octanol–water partition coefficient (Wildman–Crippen LogP) is 1.61. The minimum Gasteiger partial charge on any atom is -0.496 e. The molecule has 0 saturated heterocycles. The van der Waals surface area contributed by atoms with E-state index in [0.717, 1.165) is 22.6 Å². The quantitative estimate of drug-likeness (QED) is 0.820. The Labute approximate surface area is 114 Å². The van der Waals surface area contributed by atoms with Crippen LogP contribution in [-0.2, 0) is 9.53 Å². The van der Waals surface area contributed by atoms with E-state index in [1.54, 1.807) is 14.2 Å². The van der Waals surface area contributed by atoms with Gasteiger partial charge in [0.25, 0.3) is 0 Å². The molecular formula is C14H22N2O3. The van der Waals surface area contributed by atoms with Crippen molar-refractivity contribution in [2.24, 2.45) is 5.73 Å². The molecule has 1 amide bonds. The Morgan fingerprint density at radius 2 is 2.05 bits per heavy atom. The summed E-state index contributed by atoms with van der Waals surface area (Å²) >= 11 is 0. The summed E-state index contributed by atoms with van der Waals surface area (Å²) in [5.74, 6) is 0.564. The van der Waals surface area contributed by atoms with Gasteiger partial charge < -0.3 is 20.5 Å². The SMILES string of the molecule is COCCC(N)C(=O)Nc1ccc(C)c(OC)c1C. The third kappa shape index (κ3) is 3.94. The van der Waals surface area contributed by atoms with Crippen LogP contribution in [0.15, 0.2) is 12.1 Å². The fraction of sp³-hybridized carbons (Fsp3) is 0.500. The average Bonchev–Trinajstić information content (AvgIpc) is 2.39. The molecule has 0 spiro atoms. The van der Waals surface area contributed by atoms with Gasteiger partial charge in [0.05, 0.1) is 13.2 Å². The topological polar surface area (TPSA) is 73.6 Å². The van der Waals surface area contributed by atoms with Gasteiger partial charge >= 0.3 is 0 Å². The zero-order valence-corrected chi connectivity index (χ0v) is 11.9. The van der Waals surface area contributed by atoms with E-state index >= 15 is 0 Å². The highest BCUT2D eigenvalue weighted by Crippen LogP contribution is 2.29. The van der Waals surface area contributed by atoms with Crippen LogP contribution in [0, 0.1) is 13.8 Å². The number of nitrogens with one attached hydrogen (secondary N) is 1. The zero-order chi connectivity index (χ0) is 14.4. The van der Waals surface area contributed by atoms with E-state index in [4.69, 9.17) is 15.2 Å². The van der Waals surface area contributed by atoms with Crippen molar-refractivity contribution in [2.75, 3.05) is 26.1 Å². The molecule has 0 heterocycles. The fourth-order valence-electron chi connectivity index (χ4n) is 1.88. The molecule has 0 aromatic heterocycles. The van der Waals surface area contributed by atoms with E-state index in [0.29, 0.717) is 13.0 Å². The lowest BCUT2D eigenvalue weighted by Crippen LogP contribution is -2.36. The molecule has 19 heavy (non-hydrogen) atoms. The van der Waals surface area contributed by atoms with Crippen molar-refractivity contribution >= 4 is 11.6 Å². The van der Waals surface area contributed by atoms with Crippen molar-refractivity contribution < 1.29 is 14.3 Å². The Kier molecular flexibility index (Phi) is 5.79. The lowest BCUT2D eigenvalue weighted by atomic mass is 10.1. The van der Waals surface area contributed by atoms with Crippen LogP contribution in [0.4, 0.5) is 5.69 Å². The summed E-state index contributed by atoms with van der Waals surface area (Å²) < 4.78 is 10.2. The molecule has 0 fully saturated rings. The van der Waals surface area contributed by atoms with Crippen molar-refractivity contribution in [2.45, 2.75) is 26.3 Å². The number of anilines is 1. The molecular weight excluding hydrogens is 244 g/mol. The smallest absolute Gasteiger partial charge is 0.241 e. The molecule has 1 atom stereocenters. The van der Waals surface area contributed by atoms with Crippen molar-refractivity contribution in [3.05, 3.63) is 23.3 Å². The Morgan fingerprint density at radius 3 is 2.63 bits per heavy atom. The van der Waals surface area contributed by atoms with Crippen molar-refractivity contribution in [3.63, 3.8) is 0 Å². The molecule has 5 nitrogen and oxygen atoms in total. The molecule has 0 aliphatic rings. The van der Waals surface area contributed by atoms with E-state index in [-0.39, 0.29) is 5.91 Å².